The van der Waals surface area contributed by atoms with Crippen molar-refractivity contribution in [1.29, 1.82) is 0 Å². The van der Waals surface area contributed by atoms with Gasteiger partial charge in [0.05, 0.1) is 10.7 Å². The summed E-state index contributed by atoms with van der Waals surface area (Å²) in [5.41, 5.74) is 2.33. The van der Waals surface area contributed by atoms with Crippen LogP contribution in [0.25, 0.3) is 0 Å². The fourth-order valence-electron chi connectivity index (χ4n) is 2.13. The highest BCUT2D eigenvalue weighted by molar-refractivity contribution is 7.09. The summed E-state index contributed by atoms with van der Waals surface area (Å²) in [4.78, 5) is 6.71. The fraction of sp³-hybridized carbons (Fsp3) is 0.438. The third-order valence-electron chi connectivity index (χ3n) is 3.17. The Labute approximate surface area is 130 Å². The summed E-state index contributed by atoms with van der Waals surface area (Å²) < 4.78 is 5.90. The summed E-state index contributed by atoms with van der Waals surface area (Å²) in [6, 6.07) is 8.16. The molecule has 1 aromatic heterocycles. The molecule has 5 heteroatoms. The molecule has 1 aromatic carbocycles. The van der Waals surface area contributed by atoms with Crippen molar-refractivity contribution in [3.05, 3.63) is 45.9 Å². The zero-order valence-corrected chi connectivity index (χ0v) is 13.7. The smallest absolute Gasteiger partial charge is 0.123 e. The van der Waals surface area contributed by atoms with Crippen LogP contribution in [-0.4, -0.2) is 37.1 Å². The minimum atomic E-state index is 0.681. The topological polar surface area (TPSA) is 37.4 Å². The summed E-state index contributed by atoms with van der Waals surface area (Å²) in [6.07, 6.45) is 0. The predicted molar refractivity (Wildman–Crippen MR) is 87.9 cm³/mol. The van der Waals surface area contributed by atoms with Crippen LogP contribution in [0.2, 0.25) is 0 Å². The Balaban J connectivity index is 1.78. The molecule has 21 heavy (non-hydrogen) atoms. The number of likely N-dealkylation sites (N-methyl/N-ethyl adjacent to an activating group) is 1. The van der Waals surface area contributed by atoms with Crippen LogP contribution in [0.4, 0.5) is 0 Å². The van der Waals surface area contributed by atoms with Gasteiger partial charge in [0.2, 0.25) is 0 Å². The van der Waals surface area contributed by atoms with Crippen LogP contribution in [0.1, 0.15) is 16.3 Å². The molecule has 0 saturated carbocycles. The lowest BCUT2D eigenvalue weighted by Gasteiger charge is -2.17. The lowest BCUT2D eigenvalue weighted by Crippen LogP contribution is -2.24. The molecule has 0 aliphatic heterocycles. The molecule has 2 aromatic rings. The number of para-hydroxylation sites is 1. The first-order chi connectivity index (χ1) is 10.2. The Morgan fingerprint density at radius 1 is 1.33 bits per heavy atom. The highest BCUT2D eigenvalue weighted by atomic mass is 32.1. The first-order valence-corrected chi connectivity index (χ1v) is 8.02. The summed E-state index contributed by atoms with van der Waals surface area (Å²) in [5.74, 6) is 0.963. The molecule has 0 aliphatic carbocycles. The number of thiazole rings is 1. The van der Waals surface area contributed by atoms with E-state index in [4.69, 9.17) is 4.74 Å². The fourth-order valence-corrected chi connectivity index (χ4v) is 2.73. The quantitative estimate of drug-likeness (QED) is 0.813. The molecule has 4 nitrogen and oxygen atoms in total. The first-order valence-electron chi connectivity index (χ1n) is 7.14. The summed E-state index contributed by atoms with van der Waals surface area (Å²) in [6.45, 7) is 5.29. The van der Waals surface area contributed by atoms with Crippen LogP contribution >= 0.6 is 11.3 Å². The molecule has 0 bridgehead atoms. The monoisotopic (exact) mass is 305 g/mol. The van der Waals surface area contributed by atoms with Crippen molar-refractivity contribution in [2.75, 3.05) is 27.2 Å². The predicted octanol–water partition coefficient (Wildman–Crippen LogP) is 2.68. The maximum Gasteiger partial charge on any atom is 0.123 e. The van der Waals surface area contributed by atoms with Crippen molar-refractivity contribution < 1.29 is 4.74 Å². The van der Waals surface area contributed by atoms with Crippen LogP contribution in [0, 0.1) is 6.92 Å². The highest BCUT2D eigenvalue weighted by Gasteiger charge is 2.05. The number of nitrogens with one attached hydrogen (secondary N) is 1. The maximum absolute atomic E-state index is 5.90. The van der Waals surface area contributed by atoms with Crippen molar-refractivity contribution in [1.82, 2.24) is 15.2 Å². The number of benzene rings is 1. The van der Waals surface area contributed by atoms with E-state index < -0.39 is 0 Å². The van der Waals surface area contributed by atoms with Gasteiger partial charge in [0.15, 0.2) is 0 Å². The average molecular weight is 305 g/mol. The van der Waals surface area contributed by atoms with Gasteiger partial charge < -0.3 is 10.1 Å². The van der Waals surface area contributed by atoms with E-state index in [1.807, 2.05) is 32.2 Å². The van der Waals surface area contributed by atoms with Crippen LogP contribution in [-0.2, 0) is 13.1 Å². The van der Waals surface area contributed by atoms with Crippen molar-refractivity contribution in [2.24, 2.45) is 0 Å². The highest BCUT2D eigenvalue weighted by Crippen LogP contribution is 2.17. The second-order valence-corrected chi connectivity index (χ2v) is 6.14. The minimum Gasteiger partial charge on any atom is -0.492 e. The number of ether oxygens (including phenoxy) is 1. The Hall–Kier alpha value is -1.43. The van der Waals surface area contributed by atoms with Gasteiger partial charge in [-0.2, -0.15) is 0 Å². The molecule has 2 rings (SSSR count). The van der Waals surface area contributed by atoms with Crippen LogP contribution < -0.4 is 10.1 Å². The van der Waals surface area contributed by atoms with E-state index in [0.29, 0.717) is 6.61 Å². The molecule has 114 valence electrons. The lowest BCUT2D eigenvalue weighted by molar-refractivity contribution is 0.230. The van der Waals surface area contributed by atoms with Gasteiger partial charge in [-0.3, -0.25) is 4.90 Å². The Morgan fingerprint density at radius 3 is 2.86 bits per heavy atom. The number of nitrogens with zero attached hydrogens (tertiary/aromatic N) is 2. The van der Waals surface area contributed by atoms with Crippen molar-refractivity contribution in [3.63, 3.8) is 0 Å². The van der Waals surface area contributed by atoms with Gasteiger partial charge in [0.25, 0.3) is 0 Å². The number of rotatable bonds is 8. The van der Waals surface area contributed by atoms with E-state index in [1.165, 1.54) is 5.56 Å². The third kappa shape index (κ3) is 5.12. The van der Waals surface area contributed by atoms with Crippen LogP contribution in [0.5, 0.6) is 5.75 Å². The van der Waals surface area contributed by atoms with Crippen molar-refractivity contribution in [3.8, 4) is 5.75 Å². The zero-order valence-electron chi connectivity index (χ0n) is 12.9. The zero-order chi connectivity index (χ0) is 15.1. The van der Waals surface area contributed by atoms with Gasteiger partial charge in [0.1, 0.15) is 12.4 Å². The Bertz CT molecular complexity index is 556. The number of aryl methyl sites for hydroxylation is 1. The molecule has 0 aliphatic rings. The first kappa shape index (κ1) is 15.9. The van der Waals surface area contributed by atoms with Crippen LogP contribution in [0.3, 0.4) is 0 Å². The largest absolute Gasteiger partial charge is 0.492 e. The summed E-state index contributed by atoms with van der Waals surface area (Å²) >= 11 is 1.70. The molecular formula is C16H23N3OS. The van der Waals surface area contributed by atoms with Gasteiger partial charge in [-0.25, -0.2) is 4.98 Å². The normalized spacial score (nSPS) is 11.0. The molecule has 0 radical (unpaired) electrons. The van der Waals surface area contributed by atoms with E-state index in [-0.39, 0.29) is 0 Å². The van der Waals surface area contributed by atoms with E-state index in [0.717, 1.165) is 36.1 Å². The molecule has 0 atom stereocenters. The molecule has 0 saturated heterocycles. The second kappa shape index (κ2) is 8.12. The standard InChI is InChI=1S/C16H23N3OS/c1-13-18-15(12-21-13)11-19(3)8-9-20-16-7-5-4-6-14(16)10-17-2/h4-7,12,17H,8-11H2,1-3H3. The van der Waals surface area contributed by atoms with E-state index >= 15 is 0 Å². The number of hydrogen-bond donors (Lipinski definition) is 1. The second-order valence-electron chi connectivity index (χ2n) is 5.08. The lowest BCUT2D eigenvalue weighted by atomic mass is 10.2. The van der Waals surface area contributed by atoms with Crippen LogP contribution in [0.15, 0.2) is 29.6 Å². The minimum absolute atomic E-state index is 0.681. The Kier molecular flexibility index (Phi) is 6.17. The summed E-state index contributed by atoms with van der Waals surface area (Å²) in [5, 5.41) is 6.40. The van der Waals surface area contributed by atoms with Crippen molar-refractivity contribution in [2.45, 2.75) is 20.0 Å². The summed E-state index contributed by atoms with van der Waals surface area (Å²) in [7, 11) is 4.04. The molecule has 0 amide bonds. The van der Waals surface area contributed by atoms with Gasteiger partial charge in [-0.1, -0.05) is 18.2 Å². The molecule has 0 fully saturated rings. The number of aromatic nitrogens is 1. The third-order valence-corrected chi connectivity index (χ3v) is 3.99. The number of hydrogen-bond acceptors (Lipinski definition) is 5. The van der Waals surface area contributed by atoms with Gasteiger partial charge in [-0.15, -0.1) is 11.3 Å². The average Bonchev–Trinajstić information content (AvgIpc) is 2.86. The Morgan fingerprint density at radius 2 is 2.14 bits per heavy atom. The maximum atomic E-state index is 5.90. The molecule has 1 N–H and O–H groups in total. The van der Waals surface area contributed by atoms with E-state index in [9.17, 15) is 0 Å². The van der Waals surface area contributed by atoms with Gasteiger partial charge in [-0.05, 0) is 27.1 Å². The van der Waals surface area contributed by atoms with Crippen molar-refractivity contribution >= 4 is 11.3 Å². The van der Waals surface area contributed by atoms with Gasteiger partial charge >= 0.3 is 0 Å². The SMILES string of the molecule is CNCc1ccccc1OCCN(C)Cc1csc(C)n1. The molecule has 0 spiro atoms. The molecular weight excluding hydrogens is 282 g/mol. The molecule has 0 unspecified atom stereocenters. The van der Waals surface area contributed by atoms with E-state index in [1.54, 1.807) is 11.3 Å². The van der Waals surface area contributed by atoms with E-state index in [2.05, 4.69) is 33.7 Å². The molecule has 1 heterocycles. The van der Waals surface area contributed by atoms with Gasteiger partial charge in [0, 0.05) is 30.6 Å².